The van der Waals surface area contributed by atoms with E-state index >= 15 is 0 Å². The van der Waals surface area contributed by atoms with Gasteiger partial charge in [0.1, 0.15) is 6.61 Å². The first kappa shape index (κ1) is 26.7. The Balaban J connectivity index is 0.947. The van der Waals surface area contributed by atoms with E-state index in [2.05, 4.69) is 39.8 Å². The summed E-state index contributed by atoms with van der Waals surface area (Å²) in [6.45, 7) is 1.75. The Labute approximate surface area is 245 Å². The summed E-state index contributed by atoms with van der Waals surface area (Å²) in [5, 5.41) is 16.1. The average molecular weight is 566 g/mol. The molecule has 0 bridgehead atoms. The first-order chi connectivity index (χ1) is 20.4. The monoisotopic (exact) mass is 565 g/mol. The molecule has 1 aliphatic heterocycles. The van der Waals surface area contributed by atoms with Gasteiger partial charge in [-0.25, -0.2) is 9.59 Å². The van der Waals surface area contributed by atoms with Crippen LogP contribution in [0.4, 0.5) is 4.79 Å². The number of likely N-dealkylation sites (tertiary alicyclic amines) is 1. The molecule has 1 saturated heterocycles. The van der Waals surface area contributed by atoms with E-state index in [1.54, 1.807) is 0 Å². The lowest BCUT2D eigenvalue weighted by Crippen LogP contribution is -2.58. The highest BCUT2D eigenvalue weighted by atomic mass is 16.5. The third kappa shape index (κ3) is 4.64. The summed E-state index contributed by atoms with van der Waals surface area (Å²) in [6, 6.07) is 26.2. The van der Waals surface area contributed by atoms with E-state index in [9.17, 15) is 19.5 Å². The maximum atomic E-state index is 13.6. The van der Waals surface area contributed by atoms with Gasteiger partial charge in [-0.1, -0.05) is 78.9 Å². The summed E-state index contributed by atoms with van der Waals surface area (Å²) < 4.78 is 5.73. The zero-order valence-electron chi connectivity index (χ0n) is 23.4. The van der Waals surface area contributed by atoms with Crippen LogP contribution >= 0.6 is 0 Å². The van der Waals surface area contributed by atoms with Gasteiger partial charge in [-0.05, 0) is 59.4 Å². The summed E-state index contributed by atoms with van der Waals surface area (Å²) in [6.07, 6.45) is 1.80. The second kappa shape index (κ2) is 10.3. The van der Waals surface area contributed by atoms with Crippen LogP contribution in [0.15, 0.2) is 78.9 Å². The molecule has 3 aromatic rings. The minimum absolute atomic E-state index is 0.0164. The molecule has 8 nitrogen and oxygen atoms in total. The van der Waals surface area contributed by atoms with Crippen molar-refractivity contribution in [1.82, 2.24) is 15.5 Å². The molecule has 7 rings (SSSR count). The maximum absolute atomic E-state index is 13.6. The number of hydrogen-bond donors (Lipinski definition) is 3. The van der Waals surface area contributed by atoms with Gasteiger partial charge in [-0.15, -0.1) is 0 Å². The third-order valence-electron chi connectivity index (χ3n) is 9.89. The van der Waals surface area contributed by atoms with Gasteiger partial charge in [0.15, 0.2) is 5.54 Å². The summed E-state index contributed by atoms with van der Waals surface area (Å²) in [5.74, 6) is -1.07. The molecule has 0 radical (unpaired) electrons. The molecule has 1 unspecified atom stereocenters. The molecule has 4 atom stereocenters. The minimum atomic E-state index is -1.30. The van der Waals surface area contributed by atoms with Crippen LogP contribution in [0.3, 0.4) is 0 Å². The van der Waals surface area contributed by atoms with Crippen LogP contribution in [-0.4, -0.2) is 59.3 Å². The van der Waals surface area contributed by atoms with E-state index in [0.29, 0.717) is 32.4 Å². The molecular formula is C34H35N3O5. The largest absolute Gasteiger partial charge is 0.479 e. The molecule has 1 heterocycles. The van der Waals surface area contributed by atoms with E-state index in [0.717, 1.165) is 23.1 Å². The summed E-state index contributed by atoms with van der Waals surface area (Å²) in [4.78, 5) is 40.9. The fourth-order valence-electron chi connectivity index (χ4n) is 7.63. The standard InChI is InChI=1S/C34H35N3O5/c38-30(36-34(31(39)40)14-15-37(21-34)19-22-8-2-1-3-9-22)33-17-23(33)16-24(18-33)35-32(41)42-20-29-27-12-6-4-10-25(27)26-11-5-7-13-28(26)29/h1-13,23-24,29H,14-21H2,(H,35,41)(H,36,38)(H,39,40)/t23-,24+,33+,34?/m1/s1. The molecule has 3 aromatic carbocycles. The van der Waals surface area contributed by atoms with Crippen LogP contribution in [0.5, 0.6) is 0 Å². The van der Waals surface area contributed by atoms with Gasteiger partial charge >= 0.3 is 12.1 Å². The van der Waals surface area contributed by atoms with Gasteiger partial charge in [0.05, 0.1) is 5.41 Å². The predicted octanol–water partition coefficient (Wildman–Crippen LogP) is 4.54. The number of amides is 2. The third-order valence-corrected chi connectivity index (χ3v) is 9.89. The van der Waals surface area contributed by atoms with Crippen molar-refractivity contribution in [2.45, 2.75) is 49.7 Å². The van der Waals surface area contributed by atoms with Gasteiger partial charge in [-0.2, -0.15) is 0 Å². The Kier molecular flexibility index (Phi) is 6.54. The smallest absolute Gasteiger partial charge is 0.407 e. The second-order valence-corrected chi connectivity index (χ2v) is 12.5. The van der Waals surface area contributed by atoms with Crippen LogP contribution in [-0.2, 0) is 20.9 Å². The number of carboxylic acid groups (broad SMARTS) is 1. The van der Waals surface area contributed by atoms with Crippen molar-refractivity contribution in [3.8, 4) is 11.1 Å². The van der Waals surface area contributed by atoms with Crippen LogP contribution in [0.2, 0.25) is 0 Å². The Hall–Kier alpha value is -4.17. The van der Waals surface area contributed by atoms with E-state index in [1.807, 2.05) is 54.6 Å². The normalized spacial score (nSPS) is 27.5. The van der Waals surface area contributed by atoms with Crippen molar-refractivity contribution < 1.29 is 24.2 Å². The van der Waals surface area contributed by atoms with Crippen LogP contribution in [0, 0.1) is 11.3 Å². The molecule has 2 saturated carbocycles. The SMILES string of the molecule is O=C(N[C@H]1C[C@@H]2C[C@]2(C(=O)NC2(C(=O)O)CCN(Cc3ccccc3)C2)C1)OCC1c2ccccc2-c2ccccc21. The molecular weight excluding hydrogens is 530 g/mol. The number of fused-ring (bicyclic) bond motifs is 4. The maximum Gasteiger partial charge on any atom is 0.407 e. The predicted molar refractivity (Wildman–Crippen MR) is 157 cm³/mol. The summed E-state index contributed by atoms with van der Waals surface area (Å²) in [5.41, 5.74) is 3.87. The van der Waals surface area contributed by atoms with Crippen LogP contribution in [0.1, 0.15) is 48.3 Å². The summed E-state index contributed by atoms with van der Waals surface area (Å²) >= 11 is 0. The van der Waals surface area contributed by atoms with Crippen molar-refractivity contribution in [2.75, 3.05) is 19.7 Å². The molecule has 42 heavy (non-hydrogen) atoms. The molecule has 4 aliphatic rings. The zero-order valence-corrected chi connectivity index (χ0v) is 23.4. The molecule has 8 heteroatoms. The zero-order chi connectivity index (χ0) is 28.9. The van der Waals surface area contributed by atoms with Crippen LogP contribution < -0.4 is 10.6 Å². The van der Waals surface area contributed by atoms with Crippen molar-refractivity contribution in [2.24, 2.45) is 11.3 Å². The Morgan fingerprint density at radius 1 is 0.905 bits per heavy atom. The van der Waals surface area contributed by atoms with Crippen molar-refractivity contribution in [1.29, 1.82) is 0 Å². The number of carbonyl (C=O) groups excluding carboxylic acids is 2. The Morgan fingerprint density at radius 3 is 2.26 bits per heavy atom. The van der Waals surface area contributed by atoms with E-state index in [4.69, 9.17) is 4.74 Å². The van der Waals surface area contributed by atoms with Crippen molar-refractivity contribution >= 4 is 18.0 Å². The van der Waals surface area contributed by atoms with Gasteiger partial charge in [0.25, 0.3) is 0 Å². The fourth-order valence-corrected chi connectivity index (χ4v) is 7.63. The number of carboxylic acids is 1. The van der Waals surface area contributed by atoms with E-state index in [-0.39, 0.29) is 36.9 Å². The topological polar surface area (TPSA) is 108 Å². The minimum Gasteiger partial charge on any atom is -0.479 e. The van der Waals surface area contributed by atoms with Gasteiger partial charge in [0.2, 0.25) is 5.91 Å². The molecule has 2 amide bonds. The molecule has 3 aliphatic carbocycles. The number of carbonyl (C=O) groups is 3. The number of ether oxygens (including phenoxy) is 1. The molecule has 0 aromatic heterocycles. The van der Waals surface area contributed by atoms with Gasteiger partial charge in [0, 0.05) is 31.6 Å². The van der Waals surface area contributed by atoms with Crippen molar-refractivity contribution in [3.05, 3.63) is 95.6 Å². The Morgan fingerprint density at radius 2 is 1.57 bits per heavy atom. The number of rotatable bonds is 8. The number of hydrogen-bond acceptors (Lipinski definition) is 5. The number of nitrogens with one attached hydrogen (secondary N) is 2. The molecule has 3 fully saturated rings. The highest BCUT2D eigenvalue weighted by Gasteiger charge is 2.66. The second-order valence-electron chi connectivity index (χ2n) is 12.5. The summed E-state index contributed by atoms with van der Waals surface area (Å²) in [7, 11) is 0. The molecule has 3 N–H and O–H groups in total. The molecule has 216 valence electrons. The molecule has 0 spiro atoms. The Bertz CT molecular complexity index is 1500. The number of aliphatic carboxylic acids is 1. The number of nitrogens with zero attached hydrogens (tertiary/aromatic N) is 1. The van der Waals surface area contributed by atoms with E-state index in [1.165, 1.54) is 11.1 Å². The lowest BCUT2D eigenvalue weighted by atomic mass is 9.94. The van der Waals surface area contributed by atoms with Crippen molar-refractivity contribution in [3.63, 3.8) is 0 Å². The first-order valence-corrected chi connectivity index (χ1v) is 14.8. The highest BCUT2D eigenvalue weighted by molar-refractivity contribution is 5.93. The van der Waals surface area contributed by atoms with E-state index < -0.39 is 23.0 Å². The van der Waals surface area contributed by atoms with Gasteiger partial charge in [-0.3, -0.25) is 9.69 Å². The fraction of sp³-hybridized carbons (Fsp3) is 0.382. The van der Waals surface area contributed by atoms with Crippen LogP contribution in [0.25, 0.3) is 11.1 Å². The highest BCUT2D eigenvalue weighted by Crippen LogP contribution is 2.63. The lowest BCUT2D eigenvalue weighted by Gasteiger charge is -2.29. The lowest BCUT2D eigenvalue weighted by molar-refractivity contribution is -0.148. The van der Waals surface area contributed by atoms with Gasteiger partial charge < -0.3 is 20.5 Å². The first-order valence-electron chi connectivity index (χ1n) is 14.8. The number of alkyl carbamates (subject to hydrolysis) is 1. The number of benzene rings is 3. The average Bonchev–Trinajstić information content (AvgIpc) is 3.25. The quantitative estimate of drug-likeness (QED) is 0.370.